The Bertz CT molecular complexity index is 567. The average molecular weight is 273 g/mol. The molecule has 104 valence electrons. The Morgan fingerprint density at radius 3 is 2.35 bits per heavy atom. The van der Waals surface area contributed by atoms with E-state index in [0.717, 1.165) is 5.56 Å². The fraction of sp³-hybridized carbons (Fsp3) is 0.133. The van der Waals surface area contributed by atoms with Crippen LogP contribution in [-0.2, 0) is 6.42 Å². The van der Waals surface area contributed by atoms with Gasteiger partial charge in [0.05, 0.1) is 0 Å². The molecule has 0 saturated carbocycles. The Morgan fingerprint density at radius 1 is 1.05 bits per heavy atom. The van der Waals surface area contributed by atoms with Crippen molar-refractivity contribution in [3.63, 3.8) is 0 Å². The van der Waals surface area contributed by atoms with Gasteiger partial charge in [-0.1, -0.05) is 12.1 Å². The van der Waals surface area contributed by atoms with Crippen molar-refractivity contribution in [3.05, 3.63) is 59.9 Å². The molecule has 0 aliphatic carbocycles. The van der Waals surface area contributed by atoms with Crippen LogP contribution >= 0.6 is 0 Å². The first-order chi connectivity index (χ1) is 9.63. The number of rotatable bonds is 4. The number of hydrogen-bond donors (Lipinski definition) is 3. The number of nitrogen functional groups attached to an aromatic ring is 1. The van der Waals surface area contributed by atoms with E-state index in [4.69, 9.17) is 5.73 Å². The molecule has 0 aliphatic rings. The zero-order valence-corrected chi connectivity index (χ0v) is 10.9. The Kier molecular flexibility index (Phi) is 4.55. The Balaban J connectivity index is 1.75. The molecule has 4 nitrogen and oxygen atoms in total. The van der Waals surface area contributed by atoms with Gasteiger partial charge in [-0.3, -0.25) is 0 Å². The van der Waals surface area contributed by atoms with Crippen LogP contribution in [0.25, 0.3) is 0 Å². The van der Waals surface area contributed by atoms with E-state index in [0.29, 0.717) is 24.3 Å². The topological polar surface area (TPSA) is 67.1 Å². The van der Waals surface area contributed by atoms with Crippen molar-refractivity contribution in [2.45, 2.75) is 6.42 Å². The molecule has 0 bridgehead atoms. The molecule has 0 unspecified atom stereocenters. The molecule has 2 aromatic carbocycles. The van der Waals surface area contributed by atoms with Crippen molar-refractivity contribution in [2.75, 3.05) is 17.6 Å². The third-order valence-electron chi connectivity index (χ3n) is 2.78. The van der Waals surface area contributed by atoms with E-state index < -0.39 is 0 Å². The summed E-state index contributed by atoms with van der Waals surface area (Å²) in [6, 6.07) is 12.8. The van der Waals surface area contributed by atoms with E-state index in [-0.39, 0.29) is 11.8 Å². The summed E-state index contributed by atoms with van der Waals surface area (Å²) >= 11 is 0. The largest absolute Gasteiger partial charge is 0.399 e. The van der Waals surface area contributed by atoms with Crippen LogP contribution in [0.2, 0.25) is 0 Å². The maximum Gasteiger partial charge on any atom is 0.319 e. The van der Waals surface area contributed by atoms with Gasteiger partial charge in [-0.2, -0.15) is 0 Å². The summed E-state index contributed by atoms with van der Waals surface area (Å²) in [6.45, 7) is 0.479. The molecule has 5 heteroatoms. The number of nitrogens with one attached hydrogen (secondary N) is 2. The van der Waals surface area contributed by atoms with Gasteiger partial charge in [-0.05, 0) is 48.4 Å². The lowest BCUT2D eigenvalue weighted by Gasteiger charge is -2.08. The number of urea groups is 1. The molecule has 0 radical (unpaired) electrons. The number of amides is 2. The molecule has 2 amide bonds. The first kappa shape index (κ1) is 13.9. The number of hydrogen-bond acceptors (Lipinski definition) is 2. The summed E-state index contributed by atoms with van der Waals surface area (Å²) in [5.41, 5.74) is 7.85. The molecule has 0 atom stereocenters. The first-order valence-electron chi connectivity index (χ1n) is 6.28. The highest BCUT2D eigenvalue weighted by Gasteiger charge is 2.01. The van der Waals surface area contributed by atoms with Crippen LogP contribution in [0, 0.1) is 5.82 Å². The smallest absolute Gasteiger partial charge is 0.319 e. The van der Waals surface area contributed by atoms with Crippen molar-refractivity contribution in [2.24, 2.45) is 0 Å². The standard InChI is InChI=1S/C15H16FN3O/c16-12-3-1-11(2-4-12)9-10-18-15(20)19-14-7-5-13(17)6-8-14/h1-8H,9-10,17H2,(H2,18,19,20). The SMILES string of the molecule is Nc1ccc(NC(=O)NCCc2ccc(F)cc2)cc1. The normalized spacial score (nSPS) is 10.1. The van der Waals surface area contributed by atoms with Gasteiger partial charge in [0.2, 0.25) is 0 Å². The molecule has 20 heavy (non-hydrogen) atoms. The van der Waals surface area contributed by atoms with Gasteiger partial charge < -0.3 is 16.4 Å². The highest BCUT2D eigenvalue weighted by atomic mass is 19.1. The van der Waals surface area contributed by atoms with Gasteiger partial charge >= 0.3 is 6.03 Å². The van der Waals surface area contributed by atoms with E-state index in [9.17, 15) is 9.18 Å². The maximum atomic E-state index is 12.7. The second-order valence-corrected chi connectivity index (χ2v) is 4.38. The van der Waals surface area contributed by atoms with Crippen molar-refractivity contribution in [1.29, 1.82) is 0 Å². The van der Waals surface area contributed by atoms with Crippen LogP contribution in [0.4, 0.5) is 20.6 Å². The quantitative estimate of drug-likeness (QED) is 0.750. The van der Waals surface area contributed by atoms with Crippen LogP contribution < -0.4 is 16.4 Å². The Morgan fingerprint density at radius 2 is 1.70 bits per heavy atom. The summed E-state index contributed by atoms with van der Waals surface area (Å²) in [5, 5.41) is 5.43. The van der Waals surface area contributed by atoms with Gasteiger partial charge in [-0.25, -0.2) is 9.18 Å². The third-order valence-corrected chi connectivity index (χ3v) is 2.78. The van der Waals surface area contributed by atoms with E-state index in [1.54, 1.807) is 36.4 Å². The minimum Gasteiger partial charge on any atom is -0.399 e. The predicted molar refractivity (Wildman–Crippen MR) is 78.0 cm³/mol. The van der Waals surface area contributed by atoms with E-state index in [2.05, 4.69) is 10.6 Å². The Hall–Kier alpha value is -2.56. The molecule has 4 N–H and O–H groups in total. The minimum atomic E-state index is -0.281. The predicted octanol–water partition coefficient (Wildman–Crippen LogP) is 2.77. The molecule has 0 fully saturated rings. The minimum absolute atomic E-state index is 0.261. The lowest BCUT2D eigenvalue weighted by molar-refractivity contribution is 0.252. The van der Waals surface area contributed by atoms with Gasteiger partial charge in [0.1, 0.15) is 5.82 Å². The van der Waals surface area contributed by atoms with E-state index in [1.165, 1.54) is 12.1 Å². The molecule has 0 aliphatic heterocycles. The molecular formula is C15H16FN3O. The monoisotopic (exact) mass is 273 g/mol. The molecule has 0 spiro atoms. The summed E-state index contributed by atoms with van der Waals surface area (Å²) < 4.78 is 12.7. The van der Waals surface area contributed by atoms with Gasteiger partial charge in [-0.15, -0.1) is 0 Å². The number of anilines is 2. The number of nitrogens with two attached hydrogens (primary N) is 1. The number of halogens is 1. The molecule has 2 aromatic rings. The molecular weight excluding hydrogens is 257 g/mol. The lowest BCUT2D eigenvalue weighted by Crippen LogP contribution is -2.30. The van der Waals surface area contributed by atoms with Gasteiger partial charge in [0, 0.05) is 17.9 Å². The fourth-order valence-corrected chi connectivity index (χ4v) is 1.71. The summed E-state index contributed by atoms with van der Waals surface area (Å²) in [4.78, 5) is 11.6. The number of carbonyl (C=O) groups excluding carboxylic acids is 1. The molecule has 2 rings (SSSR count). The Labute approximate surface area is 116 Å². The summed E-state index contributed by atoms with van der Waals surface area (Å²) in [7, 11) is 0. The van der Waals surface area contributed by atoms with Crippen LogP contribution in [0.5, 0.6) is 0 Å². The average Bonchev–Trinajstić information content (AvgIpc) is 2.44. The highest BCUT2D eigenvalue weighted by Crippen LogP contribution is 2.10. The van der Waals surface area contributed by atoms with Crippen molar-refractivity contribution < 1.29 is 9.18 Å². The highest BCUT2D eigenvalue weighted by molar-refractivity contribution is 5.89. The van der Waals surface area contributed by atoms with Crippen LogP contribution in [0.15, 0.2) is 48.5 Å². The zero-order chi connectivity index (χ0) is 14.4. The fourth-order valence-electron chi connectivity index (χ4n) is 1.71. The van der Waals surface area contributed by atoms with Crippen molar-refractivity contribution >= 4 is 17.4 Å². The number of benzene rings is 2. The van der Waals surface area contributed by atoms with E-state index in [1.807, 2.05) is 0 Å². The molecule has 0 saturated heterocycles. The molecule has 0 aromatic heterocycles. The first-order valence-corrected chi connectivity index (χ1v) is 6.28. The van der Waals surface area contributed by atoms with Crippen molar-refractivity contribution in [3.8, 4) is 0 Å². The van der Waals surface area contributed by atoms with Crippen molar-refractivity contribution in [1.82, 2.24) is 5.32 Å². The van der Waals surface area contributed by atoms with Gasteiger partial charge in [0.25, 0.3) is 0 Å². The number of carbonyl (C=O) groups is 1. The maximum absolute atomic E-state index is 12.7. The van der Waals surface area contributed by atoms with E-state index >= 15 is 0 Å². The lowest BCUT2D eigenvalue weighted by atomic mass is 10.1. The van der Waals surface area contributed by atoms with Gasteiger partial charge in [0.15, 0.2) is 0 Å². The third kappa shape index (κ3) is 4.28. The second kappa shape index (κ2) is 6.56. The second-order valence-electron chi connectivity index (χ2n) is 4.38. The van der Waals surface area contributed by atoms with Crippen LogP contribution in [-0.4, -0.2) is 12.6 Å². The van der Waals surface area contributed by atoms with Crippen LogP contribution in [0.3, 0.4) is 0 Å². The summed E-state index contributed by atoms with van der Waals surface area (Å²) in [5.74, 6) is -0.261. The van der Waals surface area contributed by atoms with Crippen LogP contribution in [0.1, 0.15) is 5.56 Å². The summed E-state index contributed by atoms with van der Waals surface area (Å²) in [6.07, 6.45) is 0.648. The zero-order valence-electron chi connectivity index (χ0n) is 10.9. The molecule has 0 heterocycles.